The number of amides is 2. The van der Waals surface area contributed by atoms with Gasteiger partial charge >= 0.3 is 0 Å². The molecule has 0 bridgehead atoms. The Balaban J connectivity index is 1.36. The molecule has 6 nitrogen and oxygen atoms in total. The molecule has 30 heavy (non-hydrogen) atoms. The third-order valence-electron chi connectivity index (χ3n) is 5.31. The molecule has 1 heterocycles. The van der Waals surface area contributed by atoms with E-state index in [1.54, 1.807) is 0 Å². The normalized spacial score (nSPS) is 14.6. The number of carbonyl (C=O) groups is 2. The molecule has 0 saturated carbocycles. The minimum atomic E-state index is -0.0156. The molecule has 2 amide bonds. The summed E-state index contributed by atoms with van der Waals surface area (Å²) in [5.41, 5.74) is 2.28. The van der Waals surface area contributed by atoms with Gasteiger partial charge in [0.05, 0.1) is 6.54 Å². The molecule has 0 spiro atoms. The van der Waals surface area contributed by atoms with Gasteiger partial charge in [0.2, 0.25) is 5.91 Å². The highest BCUT2D eigenvalue weighted by molar-refractivity contribution is 5.79. The highest BCUT2D eigenvalue weighted by Gasteiger charge is 2.22. The molecule has 6 heteroatoms. The second-order valence-corrected chi connectivity index (χ2v) is 7.94. The van der Waals surface area contributed by atoms with E-state index in [1.165, 1.54) is 5.56 Å². The molecule has 0 aromatic heterocycles. The van der Waals surface area contributed by atoms with E-state index in [-0.39, 0.29) is 18.4 Å². The summed E-state index contributed by atoms with van der Waals surface area (Å²) in [6.07, 6.45) is 0. The van der Waals surface area contributed by atoms with Crippen LogP contribution >= 0.6 is 0 Å². The van der Waals surface area contributed by atoms with Gasteiger partial charge < -0.3 is 15.0 Å². The zero-order chi connectivity index (χ0) is 21.3. The predicted octanol–water partition coefficient (Wildman–Crippen LogP) is 2.65. The van der Waals surface area contributed by atoms with Crippen LogP contribution in [-0.2, 0) is 16.1 Å². The topological polar surface area (TPSA) is 61.9 Å². The average Bonchev–Trinajstić information content (AvgIpc) is 2.77. The van der Waals surface area contributed by atoms with Crippen LogP contribution < -0.4 is 10.1 Å². The molecule has 160 valence electrons. The van der Waals surface area contributed by atoms with Gasteiger partial charge in [0.15, 0.2) is 6.61 Å². The molecule has 0 unspecified atom stereocenters. The number of piperazine rings is 1. The molecule has 1 aliphatic heterocycles. The van der Waals surface area contributed by atoms with Gasteiger partial charge in [-0.3, -0.25) is 14.5 Å². The lowest BCUT2D eigenvalue weighted by Crippen LogP contribution is -2.52. The number of nitrogens with one attached hydrogen (secondary N) is 1. The van der Waals surface area contributed by atoms with Crippen LogP contribution in [0.25, 0.3) is 0 Å². The Bertz CT molecular complexity index is 831. The minimum absolute atomic E-state index is 0.00648. The monoisotopic (exact) mass is 409 g/mol. The Labute approximate surface area is 178 Å². The van der Waals surface area contributed by atoms with Crippen molar-refractivity contribution in [3.63, 3.8) is 0 Å². The molecule has 1 aliphatic rings. The largest absolute Gasteiger partial charge is 0.484 e. The van der Waals surface area contributed by atoms with Crippen LogP contribution in [0.15, 0.2) is 54.6 Å². The van der Waals surface area contributed by atoms with Crippen molar-refractivity contribution in [3.05, 3.63) is 65.7 Å². The van der Waals surface area contributed by atoms with Gasteiger partial charge in [-0.25, -0.2) is 0 Å². The number of carbonyl (C=O) groups excluding carboxylic acids is 2. The van der Waals surface area contributed by atoms with Gasteiger partial charge in [0.25, 0.3) is 5.91 Å². The second kappa shape index (κ2) is 10.8. The highest BCUT2D eigenvalue weighted by atomic mass is 16.5. The summed E-state index contributed by atoms with van der Waals surface area (Å²) in [6, 6.07) is 17.8. The molecule has 0 atom stereocenters. The van der Waals surface area contributed by atoms with Crippen LogP contribution in [0, 0.1) is 0 Å². The first kappa shape index (κ1) is 21.8. The predicted molar refractivity (Wildman–Crippen MR) is 117 cm³/mol. The van der Waals surface area contributed by atoms with Crippen molar-refractivity contribution in [1.82, 2.24) is 15.1 Å². The number of hydrogen-bond acceptors (Lipinski definition) is 4. The fourth-order valence-electron chi connectivity index (χ4n) is 3.41. The van der Waals surface area contributed by atoms with Gasteiger partial charge in [-0.1, -0.05) is 56.3 Å². The average molecular weight is 410 g/mol. The maximum absolute atomic E-state index is 12.5. The van der Waals surface area contributed by atoms with E-state index >= 15 is 0 Å². The van der Waals surface area contributed by atoms with Crippen molar-refractivity contribution in [2.24, 2.45) is 0 Å². The maximum Gasteiger partial charge on any atom is 0.260 e. The van der Waals surface area contributed by atoms with Crippen molar-refractivity contribution in [2.75, 3.05) is 39.3 Å². The SMILES string of the molecule is CC(C)c1cccc(OCC(=O)N2CCN(CC(=O)NCc3ccccc3)CC2)c1. The smallest absolute Gasteiger partial charge is 0.260 e. The summed E-state index contributed by atoms with van der Waals surface area (Å²) in [5.74, 6) is 1.13. The third kappa shape index (κ3) is 6.59. The van der Waals surface area contributed by atoms with Crippen molar-refractivity contribution < 1.29 is 14.3 Å². The van der Waals surface area contributed by atoms with Crippen LogP contribution in [0.2, 0.25) is 0 Å². The van der Waals surface area contributed by atoms with E-state index in [0.717, 1.165) is 11.3 Å². The number of hydrogen-bond donors (Lipinski definition) is 1. The molecular weight excluding hydrogens is 378 g/mol. The van der Waals surface area contributed by atoms with Crippen molar-refractivity contribution in [2.45, 2.75) is 26.3 Å². The van der Waals surface area contributed by atoms with E-state index in [2.05, 4.69) is 30.1 Å². The zero-order valence-electron chi connectivity index (χ0n) is 17.8. The van der Waals surface area contributed by atoms with Crippen LogP contribution in [0.3, 0.4) is 0 Å². The Morgan fingerprint density at radius 2 is 1.73 bits per heavy atom. The summed E-state index contributed by atoms with van der Waals surface area (Å²) in [5, 5.41) is 2.95. The van der Waals surface area contributed by atoms with Crippen LogP contribution in [-0.4, -0.2) is 60.9 Å². The van der Waals surface area contributed by atoms with Crippen LogP contribution in [0.5, 0.6) is 5.75 Å². The van der Waals surface area contributed by atoms with E-state index in [1.807, 2.05) is 53.4 Å². The van der Waals surface area contributed by atoms with Gasteiger partial charge in [-0.05, 0) is 29.2 Å². The van der Waals surface area contributed by atoms with Crippen molar-refractivity contribution in [3.8, 4) is 5.75 Å². The van der Waals surface area contributed by atoms with Crippen molar-refractivity contribution >= 4 is 11.8 Å². The Hall–Kier alpha value is -2.86. The van der Waals surface area contributed by atoms with Crippen molar-refractivity contribution in [1.29, 1.82) is 0 Å². The quantitative estimate of drug-likeness (QED) is 0.728. The number of nitrogens with zero attached hydrogens (tertiary/aromatic N) is 2. The van der Waals surface area contributed by atoms with Gasteiger partial charge in [-0.15, -0.1) is 0 Å². The lowest BCUT2D eigenvalue weighted by molar-refractivity contribution is -0.135. The molecule has 1 fully saturated rings. The van der Waals surface area contributed by atoms with E-state index in [4.69, 9.17) is 4.74 Å². The fraction of sp³-hybridized carbons (Fsp3) is 0.417. The first-order chi connectivity index (χ1) is 14.5. The zero-order valence-corrected chi connectivity index (χ0v) is 17.8. The molecule has 0 aliphatic carbocycles. The second-order valence-electron chi connectivity index (χ2n) is 7.94. The maximum atomic E-state index is 12.5. The van der Waals surface area contributed by atoms with Gasteiger partial charge in [0.1, 0.15) is 5.75 Å². The molecule has 1 saturated heterocycles. The Morgan fingerprint density at radius 1 is 1.00 bits per heavy atom. The minimum Gasteiger partial charge on any atom is -0.484 e. The first-order valence-electron chi connectivity index (χ1n) is 10.5. The molecule has 2 aromatic carbocycles. The summed E-state index contributed by atoms with van der Waals surface area (Å²) in [4.78, 5) is 28.6. The summed E-state index contributed by atoms with van der Waals surface area (Å²) in [6.45, 7) is 7.79. The lowest BCUT2D eigenvalue weighted by Gasteiger charge is -2.34. The summed E-state index contributed by atoms with van der Waals surface area (Å²) < 4.78 is 5.71. The molecule has 0 radical (unpaired) electrons. The van der Waals surface area contributed by atoms with E-state index in [0.29, 0.717) is 45.2 Å². The molecule has 1 N–H and O–H groups in total. The molecule has 2 aromatic rings. The Kier molecular flexibility index (Phi) is 7.85. The molecule has 3 rings (SSSR count). The molecular formula is C24H31N3O3. The fourth-order valence-corrected chi connectivity index (χ4v) is 3.41. The summed E-state index contributed by atoms with van der Waals surface area (Å²) >= 11 is 0. The lowest BCUT2D eigenvalue weighted by atomic mass is 10.0. The number of rotatable bonds is 8. The third-order valence-corrected chi connectivity index (χ3v) is 5.31. The Morgan fingerprint density at radius 3 is 2.43 bits per heavy atom. The number of ether oxygens (including phenoxy) is 1. The van der Waals surface area contributed by atoms with Crippen LogP contribution in [0.1, 0.15) is 30.9 Å². The first-order valence-corrected chi connectivity index (χ1v) is 10.5. The van der Waals surface area contributed by atoms with E-state index in [9.17, 15) is 9.59 Å². The standard InChI is InChI=1S/C24H31N3O3/c1-19(2)21-9-6-10-22(15-21)30-18-24(29)27-13-11-26(12-14-27)17-23(28)25-16-20-7-4-3-5-8-20/h3-10,15,19H,11-14,16-18H2,1-2H3,(H,25,28). The van der Waals surface area contributed by atoms with E-state index < -0.39 is 0 Å². The summed E-state index contributed by atoms with van der Waals surface area (Å²) in [7, 11) is 0. The highest BCUT2D eigenvalue weighted by Crippen LogP contribution is 2.20. The van der Waals surface area contributed by atoms with Crippen LogP contribution in [0.4, 0.5) is 0 Å². The van der Waals surface area contributed by atoms with Gasteiger partial charge in [0, 0.05) is 32.7 Å². The number of benzene rings is 2. The van der Waals surface area contributed by atoms with Gasteiger partial charge in [-0.2, -0.15) is 0 Å².